The van der Waals surface area contributed by atoms with Gasteiger partial charge in [-0.2, -0.15) is 0 Å². The van der Waals surface area contributed by atoms with Crippen molar-refractivity contribution in [2.45, 2.75) is 58.7 Å². The minimum absolute atomic E-state index is 0.128. The molecule has 2 rings (SSSR count). The van der Waals surface area contributed by atoms with Crippen LogP contribution >= 0.6 is 0 Å². The summed E-state index contributed by atoms with van der Waals surface area (Å²) in [7, 11) is 1.87. The van der Waals surface area contributed by atoms with Crippen molar-refractivity contribution in [1.82, 2.24) is 15.6 Å². The molecule has 0 saturated carbocycles. The number of pyridine rings is 1. The van der Waals surface area contributed by atoms with E-state index in [2.05, 4.69) is 36.4 Å². The number of unbranched alkanes of at least 4 members (excludes halogenated alkanes) is 2. The summed E-state index contributed by atoms with van der Waals surface area (Å²) in [6.45, 7) is 7.16. The van der Waals surface area contributed by atoms with Gasteiger partial charge in [-0.15, -0.1) is 0 Å². The summed E-state index contributed by atoms with van der Waals surface area (Å²) in [6.07, 6.45) is 3.92. The van der Waals surface area contributed by atoms with Crippen molar-refractivity contribution in [2.24, 2.45) is 5.92 Å². The van der Waals surface area contributed by atoms with Gasteiger partial charge in [0.15, 0.2) is 0 Å². The van der Waals surface area contributed by atoms with Crippen LogP contribution in [0.4, 0.5) is 0 Å². The standard InChI is InChI=1S/C24H35N3O2/c1-5-6-10-16-29-24(25-4)22(17-18(2)3)27-23(28)21-15-11-14-20(26-21)19-12-8-7-9-13-19/h7-9,11-15,18,22,24-25H,5-6,10,16-17H2,1-4H3,(H,27,28)/t22?,24-/m0/s1. The quantitative estimate of drug-likeness (QED) is 0.404. The Morgan fingerprint density at radius 3 is 2.48 bits per heavy atom. The minimum atomic E-state index is -0.226. The Balaban J connectivity index is 2.10. The average molecular weight is 398 g/mol. The van der Waals surface area contributed by atoms with Gasteiger partial charge in [0.2, 0.25) is 0 Å². The highest BCUT2D eigenvalue weighted by atomic mass is 16.5. The van der Waals surface area contributed by atoms with Gasteiger partial charge in [0.25, 0.3) is 5.91 Å². The van der Waals surface area contributed by atoms with Gasteiger partial charge in [-0.05, 0) is 37.9 Å². The molecule has 158 valence electrons. The fourth-order valence-corrected chi connectivity index (χ4v) is 3.30. The number of nitrogens with one attached hydrogen (secondary N) is 2. The molecule has 5 heteroatoms. The molecule has 0 spiro atoms. The lowest BCUT2D eigenvalue weighted by Gasteiger charge is -2.29. The summed E-state index contributed by atoms with van der Waals surface area (Å²) in [4.78, 5) is 17.5. The van der Waals surface area contributed by atoms with Crippen molar-refractivity contribution in [1.29, 1.82) is 0 Å². The van der Waals surface area contributed by atoms with Crippen molar-refractivity contribution in [3.8, 4) is 11.3 Å². The van der Waals surface area contributed by atoms with Gasteiger partial charge in [-0.25, -0.2) is 4.98 Å². The molecule has 0 aliphatic rings. The fraction of sp³-hybridized carbons (Fsp3) is 0.500. The molecule has 1 aromatic carbocycles. The summed E-state index contributed by atoms with van der Waals surface area (Å²) in [5.41, 5.74) is 2.20. The number of amides is 1. The topological polar surface area (TPSA) is 63.2 Å². The van der Waals surface area contributed by atoms with E-state index in [9.17, 15) is 4.79 Å². The molecule has 1 amide bonds. The molecule has 5 nitrogen and oxygen atoms in total. The summed E-state index contributed by atoms with van der Waals surface area (Å²) < 4.78 is 6.04. The molecule has 29 heavy (non-hydrogen) atoms. The number of carbonyl (C=O) groups excluding carboxylic acids is 1. The number of carbonyl (C=O) groups is 1. The molecular formula is C24H35N3O2. The summed E-state index contributed by atoms with van der Waals surface area (Å²) in [5, 5.41) is 6.37. The monoisotopic (exact) mass is 397 g/mol. The van der Waals surface area contributed by atoms with Gasteiger partial charge in [0.1, 0.15) is 11.9 Å². The number of hydrogen-bond acceptors (Lipinski definition) is 4. The highest BCUT2D eigenvalue weighted by Gasteiger charge is 2.24. The van der Waals surface area contributed by atoms with Gasteiger partial charge in [-0.3, -0.25) is 10.1 Å². The molecule has 0 saturated heterocycles. The zero-order valence-corrected chi connectivity index (χ0v) is 18.2. The van der Waals surface area contributed by atoms with Crippen LogP contribution < -0.4 is 10.6 Å². The van der Waals surface area contributed by atoms with Crippen molar-refractivity contribution in [3.05, 3.63) is 54.2 Å². The highest BCUT2D eigenvalue weighted by Crippen LogP contribution is 2.17. The van der Waals surface area contributed by atoms with Crippen molar-refractivity contribution >= 4 is 5.91 Å². The van der Waals surface area contributed by atoms with Crippen molar-refractivity contribution in [3.63, 3.8) is 0 Å². The largest absolute Gasteiger partial charge is 0.361 e. The molecule has 0 aliphatic heterocycles. The third-order valence-corrected chi connectivity index (χ3v) is 4.79. The molecule has 0 fully saturated rings. The van der Waals surface area contributed by atoms with Crippen LogP contribution in [0.25, 0.3) is 11.3 Å². The zero-order chi connectivity index (χ0) is 21.1. The van der Waals surface area contributed by atoms with Gasteiger partial charge in [-0.1, -0.05) is 70.0 Å². The molecule has 2 N–H and O–H groups in total. The van der Waals surface area contributed by atoms with Crippen molar-refractivity contribution < 1.29 is 9.53 Å². The van der Waals surface area contributed by atoms with Crippen LogP contribution in [0.15, 0.2) is 48.5 Å². The molecule has 2 atom stereocenters. The van der Waals surface area contributed by atoms with E-state index in [0.29, 0.717) is 18.2 Å². The smallest absolute Gasteiger partial charge is 0.270 e. The zero-order valence-electron chi connectivity index (χ0n) is 18.2. The number of nitrogens with zero attached hydrogens (tertiary/aromatic N) is 1. The first kappa shape index (κ1) is 23.0. The SMILES string of the molecule is CCCCCO[C@H](NC)C(CC(C)C)NC(=O)c1cccc(-c2ccccc2)n1. The van der Waals surface area contributed by atoms with E-state index >= 15 is 0 Å². The molecule has 0 aliphatic carbocycles. The van der Waals surface area contributed by atoms with Crippen LogP contribution in [0.2, 0.25) is 0 Å². The molecule has 0 radical (unpaired) electrons. The van der Waals surface area contributed by atoms with Crippen LogP contribution in [0.3, 0.4) is 0 Å². The van der Waals surface area contributed by atoms with E-state index in [0.717, 1.165) is 36.9 Å². The number of hydrogen-bond donors (Lipinski definition) is 2. The van der Waals surface area contributed by atoms with E-state index in [1.165, 1.54) is 0 Å². The Hall–Kier alpha value is -2.24. The maximum absolute atomic E-state index is 13.0. The van der Waals surface area contributed by atoms with E-state index in [-0.39, 0.29) is 18.2 Å². The first-order valence-electron chi connectivity index (χ1n) is 10.7. The number of aromatic nitrogens is 1. The second-order valence-electron chi connectivity index (χ2n) is 7.77. The lowest BCUT2D eigenvalue weighted by atomic mass is 10.0. The highest BCUT2D eigenvalue weighted by molar-refractivity contribution is 5.93. The fourth-order valence-electron chi connectivity index (χ4n) is 3.30. The summed E-state index contributed by atoms with van der Waals surface area (Å²) in [6, 6.07) is 15.3. The van der Waals surface area contributed by atoms with Crippen molar-refractivity contribution in [2.75, 3.05) is 13.7 Å². The molecular weight excluding hydrogens is 362 g/mol. The van der Waals surface area contributed by atoms with E-state index in [1.54, 1.807) is 6.07 Å². The number of ether oxygens (including phenoxy) is 1. The van der Waals surface area contributed by atoms with Crippen LogP contribution in [0, 0.1) is 5.92 Å². The molecule has 2 aromatic rings. The van der Waals surface area contributed by atoms with Gasteiger partial charge < -0.3 is 10.1 Å². The third kappa shape index (κ3) is 7.59. The second kappa shape index (κ2) is 12.3. The molecule has 1 aromatic heterocycles. The summed E-state index contributed by atoms with van der Waals surface area (Å²) >= 11 is 0. The first-order chi connectivity index (χ1) is 14.0. The Morgan fingerprint density at radius 1 is 1.07 bits per heavy atom. The molecule has 0 bridgehead atoms. The predicted octanol–water partition coefficient (Wildman–Crippen LogP) is 4.65. The Kier molecular flexibility index (Phi) is 9.81. The van der Waals surface area contributed by atoms with Gasteiger partial charge in [0.05, 0.1) is 11.7 Å². The van der Waals surface area contributed by atoms with Crippen LogP contribution in [-0.4, -0.2) is 36.8 Å². The second-order valence-corrected chi connectivity index (χ2v) is 7.77. The van der Waals surface area contributed by atoms with Gasteiger partial charge in [0, 0.05) is 12.2 Å². The minimum Gasteiger partial charge on any atom is -0.361 e. The first-order valence-corrected chi connectivity index (χ1v) is 10.7. The van der Waals surface area contributed by atoms with Crippen LogP contribution in [0.5, 0.6) is 0 Å². The Bertz CT molecular complexity index is 734. The predicted molar refractivity (Wildman–Crippen MR) is 119 cm³/mol. The third-order valence-electron chi connectivity index (χ3n) is 4.79. The Morgan fingerprint density at radius 2 is 1.83 bits per heavy atom. The normalized spacial score (nSPS) is 13.3. The Labute approximate surface area is 175 Å². The summed E-state index contributed by atoms with van der Waals surface area (Å²) in [5.74, 6) is 0.254. The lowest BCUT2D eigenvalue weighted by molar-refractivity contribution is 0.00228. The average Bonchev–Trinajstić information content (AvgIpc) is 2.74. The molecule has 1 heterocycles. The van der Waals surface area contributed by atoms with E-state index in [1.807, 2.05) is 49.5 Å². The number of rotatable bonds is 12. The number of benzene rings is 1. The maximum Gasteiger partial charge on any atom is 0.270 e. The van der Waals surface area contributed by atoms with Crippen LogP contribution in [-0.2, 0) is 4.74 Å². The van der Waals surface area contributed by atoms with Gasteiger partial charge >= 0.3 is 0 Å². The van der Waals surface area contributed by atoms with E-state index < -0.39 is 0 Å². The molecule has 1 unspecified atom stereocenters. The maximum atomic E-state index is 13.0. The van der Waals surface area contributed by atoms with E-state index in [4.69, 9.17) is 4.74 Å². The van der Waals surface area contributed by atoms with Crippen LogP contribution in [0.1, 0.15) is 56.9 Å². The lowest BCUT2D eigenvalue weighted by Crippen LogP contribution is -2.51. The number of likely N-dealkylation sites (N-methyl/N-ethyl adjacent to an activating group) is 1.